The highest BCUT2D eigenvalue weighted by Gasteiger charge is 2.34. The van der Waals surface area contributed by atoms with Gasteiger partial charge in [0.25, 0.3) is 0 Å². The van der Waals surface area contributed by atoms with Crippen LogP contribution in [0.1, 0.15) is 33.0 Å². The van der Waals surface area contributed by atoms with Crippen LogP contribution in [0, 0.1) is 11.3 Å². The monoisotopic (exact) mass is 348 g/mol. The maximum absolute atomic E-state index is 12.5. The van der Waals surface area contributed by atoms with E-state index in [4.69, 9.17) is 11.6 Å². The van der Waals surface area contributed by atoms with Crippen LogP contribution in [0.25, 0.3) is 11.0 Å². The lowest BCUT2D eigenvalue weighted by Gasteiger charge is -2.42. The Morgan fingerprint density at radius 1 is 1.46 bits per heavy atom. The molecule has 3 rings (SSSR count). The number of nitrogens with one attached hydrogen (secondary N) is 1. The van der Waals surface area contributed by atoms with Gasteiger partial charge in [0.05, 0.1) is 22.6 Å². The Balaban J connectivity index is 1.69. The van der Waals surface area contributed by atoms with Gasteiger partial charge in [-0.25, -0.2) is 9.78 Å². The highest BCUT2D eigenvalue weighted by atomic mass is 35.5. The van der Waals surface area contributed by atoms with Crippen LogP contribution in [0.5, 0.6) is 0 Å². The zero-order valence-electron chi connectivity index (χ0n) is 14.8. The summed E-state index contributed by atoms with van der Waals surface area (Å²) in [6, 6.07) is 5.65. The van der Waals surface area contributed by atoms with Crippen molar-refractivity contribution >= 4 is 28.7 Å². The lowest BCUT2D eigenvalue weighted by Crippen LogP contribution is -2.50. The summed E-state index contributed by atoms with van der Waals surface area (Å²) in [4.78, 5) is 19.0. The number of halogens is 1. The predicted molar refractivity (Wildman–Crippen MR) is 97.1 cm³/mol. The average Bonchev–Trinajstić information content (AvgIpc) is 2.85. The van der Waals surface area contributed by atoms with E-state index in [2.05, 4.69) is 31.1 Å². The number of benzene rings is 1. The fourth-order valence-electron chi connectivity index (χ4n) is 3.33. The van der Waals surface area contributed by atoms with Gasteiger partial charge < -0.3 is 14.8 Å². The molecule has 1 aliphatic heterocycles. The van der Waals surface area contributed by atoms with E-state index in [0.717, 1.165) is 36.4 Å². The third-order valence-electron chi connectivity index (χ3n) is 5.39. The molecule has 1 atom stereocenters. The van der Waals surface area contributed by atoms with Crippen LogP contribution in [0.15, 0.2) is 18.2 Å². The van der Waals surface area contributed by atoms with E-state index in [-0.39, 0.29) is 11.4 Å². The van der Waals surface area contributed by atoms with E-state index < -0.39 is 0 Å². The molecular weight excluding hydrogens is 324 g/mol. The molecule has 130 valence electrons. The van der Waals surface area contributed by atoms with Crippen molar-refractivity contribution in [1.29, 1.82) is 0 Å². The molecule has 0 spiro atoms. The summed E-state index contributed by atoms with van der Waals surface area (Å²) in [5.74, 6) is 1.43. The van der Waals surface area contributed by atoms with Crippen LogP contribution < -0.4 is 5.32 Å². The number of imidazole rings is 1. The summed E-state index contributed by atoms with van der Waals surface area (Å²) in [5.41, 5.74) is 1.90. The van der Waals surface area contributed by atoms with Crippen LogP contribution in [-0.4, -0.2) is 33.6 Å². The Hall–Kier alpha value is -1.75. The molecule has 0 radical (unpaired) electrons. The van der Waals surface area contributed by atoms with Crippen LogP contribution in [-0.2, 0) is 13.6 Å². The first-order valence-corrected chi connectivity index (χ1v) is 8.80. The van der Waals surface area contributed by atoms with E-state index in [1.54, 1.807) is 0 Å². The van der Waals surface area contributed by atoms with Gasteiger partial charge in [-0.15, -0.1) is 0 Å². The third kappa shape index (κ3) is 3.09. The van der Waals surface area contributed by atoms with Crippen molar-refractivity contribution in [3.05, 3.63) is 29.0 Å². The van der Waals surface area contributed by atoms with Crippen molar-refractivity contribution in [3.63, 3.8) is 0 Å². The minimum Gasteiger partial charge on any atom is -0.331 e. The highest BCUT2D eigenvalue weighted by molar-refractivity contribution is 6.35. The minimum absolute atomic E-state index is 0.0203. The van der Waals surface area contributed by atoms with Crippen LogP contribution in [0.2, 0.25) is 5.02 Å². The molecule has 2 heterocycles. The van der Waals surface area contributed by atoms with Crippen molar-refractivity contribution in [2.45, 2.75) is 33.7 Å². The maximum Gasteiger partial charge on any atom is 0.317 e. The lowest BCUT2D eigenvalue weighted by atomic mass is 9.75. The van der Waals surface area contributed by atoms with Crippen molar-refractivity contribution < 1.29 is 4.79 Å². The maximum atomic E-state index is 12.5. The first-order chi connectivity index (χ1) is 11.3. The minimum atomic E-state index is -0.0203. The second-order valence-electron chi connectivity index (χ2n) is 7.45. The van der Waals surface area contributed by atoms with Crippen molar-refractivity contribution in [1.82, 2.24) is 19.8 Å². The fourth-order valence-corrected chi connectivity index (χ4v) is 3.63. The number of amides is 2. The number of piperidine rings is 1. The highest BCUT2D eigenvalue weighted by Crippen LogP contribution is 2.34. The summed E-state index contributed by atoms with van der Waals surface area (Å²) in [6.07, 6.45) is 1.04. The summed E-state index contributed by atoms with van der Waals surface area (Å²) < 4.78 is 1.94. The van der Waals surface area contributed by atoms with Gasteiger partial charge in [0, 0.05) is 20.1 Å². The Labute approximate surface area is 148 Å². The van der Waals surface area contributed by atoms with Crippen LogP contribution in [0.3, 0.4) is 0 Å². The second kappa shape index (κ2) is 6.28. The molecule has 1 N–H and O–H groups in total. The number of urea groups is 1. The molecule has 5 nitrogen and oxygen atoms in total. The van der Waals surface area contributed by atoms with Gasteiger partial charge in [-0.05, 0) is 29.9 Å². The number of aromatic nitrogens is 2. The van der Waals surface area contributed by atoms with E-state index in [9.17, 15) is 4.79 Å². The number of nitrogens with zero attached hydrogens (tertiary/aromatic N) is 3. The molecule has 24 heavy (non-hydrogen) atoms. The van der Waals surface area contributed by atoms with Gasteiger partial charge in [-0.3, -0.25) is 0 Å². The van der Waals surface area contributed by atoms with Gasteiger partial charge in [0.1, 0.15) is 5.82 Å². The molecule has 2 amide bonds. The van der Waals surface area contributed by atoms with Gasteiger partial charge >= 0.3 is 6.03 Å². The molecule has 1 saturated heterocycles. The fraction of sp³-hybridized carbons (Fsp3) is 0.556. The quantitative estimate of drug-likeness (QED) is 0.897. The first kappa shape index (κ1) is 17.1. The molecule has 0 saturated carbocycles. The van der Waals surface area contributed by atoms with Gasteiger partial charge in [0.15, 0.2) is 0 Å². The predicted octanol–water partition coefficient (Wildman–Crippen LogP) is 3.80. The molecule has 1 unspecified atom stereocenters. The summed E-state index contributed by atoms with van der Waals surface area (Å²) in [7, 11) is 1.92. The summed E-state index contributed by atoms with van der Waals surface area (Å²) in [6.45, 7) is 8.71. The van der Waals surface area contributed by atoms with Crippen molar-refractivity contribution in [3.8, 4) is 0 Å². The average molecular weight is 349 g/mol. The number of carbonyl (C=O) groups is 1. The SMILES string of the molecule is CC1CCN(C(=O)NCc2nc3cccc(Cl)c3n2C)CC1(C)C. The topological polar surface area (TPSA) is 50.2 Å². The van der Waals surface area contributed by atoms with Crippen LogP contribution >= 0.6 is 11.6 Å². The number of fused-ring (bicyclic) bond motifs is 1. The molecular formula is C18H25ClN4O. The number of likely N-dealkylation sites (tertiary alicyclic amines) is 1. The van der Waals surface area contributed by atoms with Gasteiger partial charge in [-0.2, -0.15) is 0 Å². The third-order valence-corrected chi connectivity index (χ3v) is 5.69. The zero-order valence-corrected chi connectivity index (χ0v) is 15.5. The summed E-state index contributed by atoms with van der Waals surface area (Å²) in [5, 5.41) is 3.68. The smallest absolute Gasteiger partial charge is 0.317 e. The molecule has 2 aromatic rings. The second-order valence-corrected chi connectivity index (χ2v) is 7.86. The molecule has 1 fully saturated rings. The molecule has 6 heteroatoms. The number of carbonyl (C=O) groups excluding carboxylic acids is 1. The molecule has 1 aliphatic rings. The van der Waals surface area contributed by atoms with Gasteiger partial charge in [-0.1, -0.05) is 38.4 Å². The van der Waals surface area contributed by atoms with E-state index >= 15 is 0 Å². The molecule has 1 aromatic carbocycles. The number of hydrogen-bond donors (Lipinski definition) is 1. The zero-order chi connectivity index (χ0) is 17.5. The van der Waals surface area contributed by atoms with Crippen LogP contribution in [0.4, 0.5) is 4.79 Å². The lowest BCUT2D eigenvalue weighted by molar-refractivity contribution is 0.0829. The van der Waals surface area contributed by atoms with E-state index in [0.29, 0.717) is 17.5 Å². The van der Waals surface area contributed by atoms with Crippen molar-refractivity contribution in [2.75, 3.05) is 13.1 Å². The Kier molecular flexibility index (Phi) is 4.47. The Morgan fingerprint density at radius 3 is 2.88 bits per heavy atom. The molecule has 0 aliphatic carbocycles. The summed E-state index contributed by atoms with van der Waals surface area (Å²) >= 11 is 6.25. The van der Waals surface area contributed by atoms with Crippen molar-refractivity contribution in [2.24, 2.45) is 18.4 Å². The number of hydrogen-bond acceptors (Lipinski definition) is 2. The Bertz CT molecular complexity index is 768. The number of aryl methyl sites for hydroxylation is 1. The largest absolute Gasteiger partial charge is 0.331 e. The number of para-hydroxylation sites is 1. The van der Waals surface area contributed by atoms with E-state index in [1.807, 2.05) is 34.7 Å². The van der Waals surface area contributed by atoms with Gasteiger partial charge in [0.2, 0.25) is 0 Å². The normalized spacial score (nSPS) is 20.4. The first-order valence-electron chi connectivity index (χ1n) is 8.42. The molecule has 0 bridgehead atoms. The molecule has 1 aromatic heterocycles. The number of rotatable bonds is 2. The Morgan fingerprint density at radius 2 is 2.21 bits per heavy atom. The standard InChI is InChI=1S/C18H25ClN4O/c1-12-8-9-23(11-18(12,2)3)17(24)20-10-15-21-14-7-5-6-13(19)16(14)22(15)4/h5-7,12H,8-11H2,1-4H3,(H,20,24). The van der Waals surface area contributed by atoms with E-state index in [1.165, 1.54) is 0 Å².